The Morgan fingerprint density at radius 2 is 0.216 bits per heavy atom. The third kappa shape index (κ3) is 57.8. The van der Waals surface area contributed by atoms with Crippen molar-refractivity contribution in [1.29, 1.82) is 0 Å². The molecular formula is C72H148IP. The zero-order valence-electron chi connectivity index (χ0n) is 52.9. The van der Waals surface area contributed by atoms with Crippen molar-refractivity contribution in [3.05, 3.63) is 0 Å². The molecular weight excluding hydrogens is 1020 g/mol. The van der Waals surface area contributed by atoms with Crippen molar-refractivity contribution in [2.45, 2.75) is 439 Å². The van der Waals surface area contributed by atoms with Crippen molar-refractivity contribution in [1.82, 2.24) is 0 Å². The molecule has 74 heavy (non-hydrogen) atoms. The van der Waals surface area contributed by atoms with E-state index in [1.807, 2.05) is 0 Å². The van der Waals surface area contributed by atoms with Gasteiger partial charge in [-0.3, -0.25) is 0 Å². The molecule has 0 saturated carbocycles. The van der Waals surface area contributed by atoms with Crippen LogP contribution in [0.15, 0.2) is 0 Å². The predicted octanol–water partition coefficient (Wildman–Crippen LogP) is 28.9. The summed E-state index contributed by atoms with van der Waals surface area (Å²) >= 11 is 3.34. The van der Waals surface area contributed by atoms with Crippen LogP contribution in [-0.2, 0) is 0 Å². The van der Waals surface area contributed by atoms with Gasteiger partial charge >= 0.3 is 333 Å². The Bertz CT molecular complexity index is 836. The number of rotatable bonds is 68. The van der Waals surface area contributed by atoms with E-state index in [1.54, 1.807) is 50.3 Å². The maximum atomic E-state index is 3.34. The summed E-state index contributed by atoms with van der Waals surface area (Å²) in [4.78, 5) is 0. The molecule has 0 aromatic carbocycles. The minimum atomic E-state index is -1.76. The van der Waals surface area contributed by atoms with E-state index in [4.69, 9.17) is 0 Å². The van der Waals surface area contributed by atoms with Gasteiger partial charge in [-0.25, -0.2) is 0 Å². The van der Waals surface area contributed by atoms with Crippen molar-refractivity contribution in [3.63, 3.8) is 0 Å². The van der Waals surface area contributed by atoms with Gasteiger partial charge in [0.15, 0.2) is 0 Å². The summed E-state index contributed by atoms with van der Waals surface area (Å²) in [7, 11) is 0. The molecule has 0 heterocycles. The second kappa shape index (κ2) is 63.3. The fourth-order valence-electron chi connectivity index (χ4n) is 12.9. The molecule has 0 nitrogen and oxygen atoms in total. The number of unbranched alkanes of at least 4 members (excludes halogenated alkanes) is 60. The molecule has 0 rings (SSSR count). The molecule has 0 spiro atoms. The first-order valence-corrected chi connectivity index (χ1v) is 42.0. The molecule has 0 radical (unpaired) electrons. The van der Waals surface area contributed by atoms with E-state index in [-0.39, 0.29) is 0 Å². The Kier molecular flexibility index (Phi) is 64.3. The third-order valence-corrected chi connectivity index (χ3v) is 29.8. The Labute approximate surface area is 486 Å². The van der Waals surface area contributed by atoms with Gasteiger partial charge in [0.05, 0.1) is 0 Å². The average molecular weight is 1170 g/mol. The fourth-order valence-corrected chi connectivity index (χ4v) is 22.4. The van der Waals surface area contributed by atoms with E-state index >= 15 is 0 Å². The fraction of sp³-hybridized carbons (Fsp3) is 1.00. The summed E-state index contributed by atoms with van der Waals surface area (Å²) in [6.45, 7) is 9.34. The van der Waals surface area contributed by atoms with Crippen molar-refractivity contribution < 1.29 is 0 Å². The number of hydrogen-bond donors (Lipinski definition) is 0. The first-order chi connectivity index (χ1) is 36.5. The molecule has 448 valence electrons. The molecule has 0 aliphatic rings. The van der Waals surface area contributed by atoms with Crippen molar-refractivity contribution >= 4 is 26.3 Å². The molecule has 0 aliphatic heterocycles. The van der Waals surface area contributed by atoms with E-state index in [2.05, 4.69) is 49.7 Å². The van der Waals surface area contributed by atoms with Crippen LogP contribution < -0.4 is 0 Å². The van der Waals surface area contributed by atoms with E-state index in [9.17, 15) is 0 Å². The van der Waals surface area contributed by atoms with Gasteiger partial charge in [0, 0.05) is 0 Å². The Balaban J connectivity index is 5.09. The van der Waals surface area contributed by atoms with Crippen LogP contribution in [0.1, 0.15) is 439 Å². The Morgan fingerprint density at radius 3 is 0.311 bits per heavy atom. The van der Waals surface area contributed by atoms with Crippen LogP contribution in [0.4, 0.5) is 0 Å². The molecule has 0 aliphatic carbocycles. The van der Waals surface area contributed by atoms with Crippen LogP contribution >= 0.6 is 26.3 Å². The summed E-state index contributed by atoms with van der Waals surface area (Å²) < 4.78 is -1.76. The second-order valence-corrected chi connectivity index (χ2v) is 39.5. The quantitative estimate of drug-likeness (QED) is 0.0323. The summed E-state index contributed by atoms with van der Waals surface area (Å²) in [5.74, 6) is 0. The van der Waals surface area contributed by atoms with E-state index < -0.39 is 4.25 Å². The smallest absolute Gasteiger partial charge is 0.0654 e. The van der Waals surface area contributed by atoms with Gasteiger partial charge in [0.1, 0.15) is 0 Å². The average Bonchev–Trinajstić information content (AvgIpc) is 3.40. The Hall–Kier alpha value is 1.16. The molecule has 0 amide bonds. The monoisotopic (exact) mass is 1170 g/mol. The molecule has 0 saturated heterocycles. The Morgan fingerprint density at radius 1 is 0.135 bits per heavy atom. The minimum absolute atomic E-state index is 1.37. The zero-order chi connectivity index (χ0) is 53.5. The van der Waals surface area contributed by atoms with Crippen LogP contribution in [0.2, 0.25) is 0 Å². The molecule has 0 bridgehead atoms. The van der Waals surface area contributed by atoms with Gasteiger partial charge in [-0.1, -0.05) is 156 Å². The van der Waals surface area contributed by atoms with Crippen molar-refractivity contribution in [3.8, 4) is 0 Å². The van der Waals surface area contributed by atoms with Crippen molar-refractivity contribution in [2.75, 3.05) is 24.6 Å². The molecule has 0 aromatic heterocycles. The van der Waals surface area contributed by atoms with Crippen LogP contribution in [0.25, 0.3) is 0 Å². The maximum absolute atomic E-state index is 3.34. The number of hydrogen-bond acceptors (Lipinski definition) is 0. The number of halogens is 1. The molecule has 0 fully saturated rings. The normalized spacial score (nSPS) is 12.6. The van der Waals surface area contributed by atoms with Gasteiger partial charge in [-0.15, -0.1) is 0 Å². The van der Waals surface area contributed by atoms with Crippen molar-refractivity contribution in [2.24, 2.45) is 0 Å². The first kappa shape index (κ1) is 75.2. The zero-order valence-corrected chi connectivity index (χ0v) is 56.0. The van der Waals surface area contributed by atoms with Gasteiger partial charge in [-0.05, 0) is 0 Å². The van der Waals surface area contributed by atoms with Crippen LogP contribution in [0.3, 0.4) is 0 Å². The molecule has 0 aromatic rings. The third-order valence-electron chi connectivity index (χ3n) is 18.3. The van der Waals surface area contributed by atoms with E-state index in [1.165, 1.54) is 385 Å². The second-order valence-electron chi connectivity index (χ2n) is 25.9. The van der Waals surface area contributed by atoms with Gasteiger partial charge < -0.3 is 0 Å². The topological polar surface area (TPSA) is 0 Å². The summed E-state index contributed by atoms with van der Waals surface area (Å²) in [6, 6.07) is 0. The molecule has 2 heteroatoms. The van der Waals surface area contributed by atoms with Crippen LogP contribution in [0.5, 0.6) is 0 Å². The summed E-state index contributed by atoms with van der Waals surface area (Å²) in [5, 5.41) is 0. The first-order valence-electron chi connectivity index (χ1n) is 36.3. The molecule has 0 atom stereocenters. The van der Waals surface area contributed by atoms with Crippen LogP contribution in [0, 0.1) is 0 Å². The predicted molar refractivity (Wildman–Crippen MR) is 359 cm³/mol. The summed E-state index contributed by atoms with van der Waals surface area (Å²) in [5.41, 5.74) is 0. The van der Waals surface area contributed by atoms with E-state index in [0.29, 0.717) is 0 Å². The van der Waals surface area contributed by atoms with Gasteiger partial charge in [-0.2, -0.15) is 0 Å². The standard InChI is InChI=1S/C72H148IP/c1-5-9-13-17-21-25-29-33-37-41-45-49-53-57-61-65-69-74(73,70-66-62-58-54-50-46-42-38-34-30-26-22-18-14-10-6-2,71-67-63-59-55-51-47-43-39-35-31-27-23-19-15-11-7-3)72-68-64-60-56-52-48-44-40-36-32-28-24-20-16-12-8-4/h5-72H2,1-4H3. The summed E-state index contributed by atoms with van der Waals surface area (Å²) in [6.07, 6.45) is 102. The van der Waals surface area contributed by atoms with Crippen LogP contribution in [-0.4, -0.2) is 24.6 Å². The minimum Gasteiger partial charge on any atom is -0.0654 e. The SMILES string of the molecule is CCCCCCCCCCCCCCCCCCP(I)(CCCCCCCCCCCCCCCCCC)(CCCCCCCCCCCCCCCCCC)CCCCCCCCCCCCCCCCCC. The molecule has 0 N–H and O–H groups in total. The van der Waals surface area contributed by atoms with Gasteiger partial charge in [0.2, 0.25) is 0 Å². The van der Waals surface area contributed by atoms with E-state index in [0.717, 1.165) is 0 Å². The van der Waals surface area contributed by atoms with Gasteiger partial charge in [0.25, 0.3) is 0 Å². The molecule has 0 unspecified atom stereocenters.